The molecule has 2 heterocycles. The second-order valence-electron chi connectivity index (χ2n) is 6.76. The molecule has 0 spiro atoms. The Morgan fingerprint density at radius 2 is 1.79 bits per heavy atom. The Bertz CT molecular complexity index is 1160. The van der Waals surface area contributed by atoms with Gasteiger partial charge in [0.15, 0.2) is 0 Å². The number of benzene rings is 1. The first-order valence-corrected chi connectivity index (χ1v) is 10.1. The van der Waals surface area contributed by atoms with Crippen LogP contribution in [0.2, 0.25) is 0 Å². The maximum absolute atomic E-state index is 12.9. The molecule has 0 unspecified atom stereocenters. The van der Waals surface area contributed by atoms with Gasteiger partial charge in [-0.3, -0.25) is 14.1 Å². The number of halogens is 3. The standard InChI is InChI=1S/C18H20F3N5O2S/c1-11-16(10-25(4)22-11)29(27,28)24-17-12(2)23-26(13(17)3)9-14-6-5-7-15(8-14)18(19,20)21/h5-8,10,24H,9H2,1-4H3. The average Bonchev–Trinajstić information content (AvgIpc) is 3.08. The zero-order valence-electron chi connectivity index (χ0n) is 16.2. The summed E-state index contributed by atoms with van der Waals surface area (Å²) in [7, 11) is -2.27. The Labute approximate surface area is 166 Å². The third-order valence-corrected chi connectivity index (χ3v) is 5.92. The highest BCUT2D eigenvalue weighted by Crippen LogP contribution is 2.30. The molecular weight excluding hydrogens is 407 g/mol. The van der Waals surface area contributed by atoms with Gasteiger partial charge in [-0.25, -0.2) is 8.42 Å². The number of hydrogen-bond donors (Lipinski definition) is 1. The molecule has 0 aliphatic carbocycles. The normalized spacial score (nSPS) is 12.4. The van der Waals surface area contributed by atoms with Crippen LogP contribution in [0.1, 0.15) is 28.2 Å². The minimum absolute atomic E-state index is 0.0458. The van der Waals surface area contributed by atoms with E-state index in [-0.39, 0.29) is 11.4 Å². The van der Waals surface area contributed by atoms with E-state index in [4.69, 9.17) is 0 Å². The van der Waals surface area contributed by atoms with E-state index in [1.807, 2.05) is 0 Å². The van der Waals surface area contributed by atoms with Crippen LogP contribution in [-0.4, -0.2) is 28.0 Å². The molecule has 0 bridgehead atoms. The zero-order chi connectivity index (χ0) is 21.6. The maximum Gasteiger partial charge on any atom is 0.416 e. The Balaban J connectivity index is 1.91. The molecule has 2 aromatic heterocycles. The number of aryl methyl sites for hydroxylation is 3. The summed E-state index contributed by atoms with van der Waals surface area (Å²) in [6.07, 6.45) is -3.04. The van der Waals surface area contributed by atoms with Gasteiger partial charge in [0.25, 0.3) is 10.0 Å². The van der Waals surface area contributed by atoms with E-state index < -0.39 is 21.8 Å². The number of anilines is 1. The number of nitrogens with zero attached hydrogens (tertiary/aromatic N) is 4. The summed E-state index contributed by atoms with van der Waals surface area (Å²) < 4.78 is 69.7. The van der Waals surface area contributed by atoms with Crippen LogP contribution in [0.4, 0.5) is 18.9 Å². The van der Waals surface area contributed by atoms with E-state index in [2.05, 4.69) is 14.9 Å². The number of alkyl halides is 3. The van der Waals surface area contributed by atoms with Crippen LogP contribution in [0.3, 0.4) is 0 Å². The fraction of sp³-hybridized carbons (Fsp3) is 0.333. The van der Waals surface area contributed by atoms with Gasteiger partial charge >= 0.3 is 6.18 Å². The molecule has 0 saturated heterocycles. The van der Waals surface area contributed by atoms with Gasteiger partial charge in [-0.15, -0.1) is 0 Å². The highest BCUT2D eigenvalue weighted by molar-refractivity contribution is 7.92. The number of hydrogen-bond acceptors (Lipinski definition) is 4. The highest BCUT2D eigenvalue weighted by atomic mass is 32.2. The third kappa shape index (κ3) is 4.29. The van der Waals surface area contributed by atoms with Crippen molar-refractivity contribution in [1.29, 1.82) is 0 Å². The van der Waals surface area contributed by atoms with Crippen LogP contribution in [0.5, 0.6) is 0 Å². The van der Waals surface area contributed by atoms with Crippen molar-refractivity contribution in [1.82, 2.24) is 19.6 Å². The lowest BCUT2D eigenvalue weighted by atomic mass is 10.1. The Hall–Kier alpha value is -2.82. The van der Waals surface area contributed by atoms with Gasteiger partial charge < -0.3 is 0 Å². The molecule has 1 aromatic carbocycles. The monoisotopic (exact) mass is 427 g/mol. The molecule has 0 aliphatic rings. The summed E-state index contributed by atoms with van der Waals surface area (Å²) in [5.41, 5.74) is 1.21. The Morgan fingerprint density at radius 3 is 2.38 bits per heavy atom. The molecule has 3 rings (SSSR count). The van der Waals surface area contributed by atoms with Crippen LogP contribution >= 0.6 is 0 Å². The Kier molecular flexibility index (Phi) is 5.20. The molecule has 0 saturated carbocycles. The fourth-order valence-electron chi connectivity index (χ4n) is 3.05. The maximum atomic E-state index is 12.9. The zero-order valence-corrected chi connectivity index (χ0v) is 17.1. The molecule has 7 nitrogen and oxygen atoms in total. The summed E-state index contributed by atoms with van der Waals surface area (Å²) in [5, 5.41) is 8.33. The minimum atomic E-state index is -4.44. The third-order valence-electron chi connectivity index (χ3n) is 4.46. The summed E-state index contributed by atoms with van der Waals surface area (Å²) in [5.74, 6) is 0. The molecule has 3 aromatic rings. The van der Waals surface area contributed by atoms with Crippen molar-refractivity contribution >= 4 is 15.7 Å². The van der Waals surface area contributed by atoms with E-state index in [9.17, 15) is 21.6 Å². The first-order valence-electron chi connectivity index (χ1n) is 8.61. The molecule has 0 aliphatic heterocycles. The van der Waals surface area contributed by atoms with Crippen LogP contribution in [0.15, 0.2) is 35.4 Å². The van der Waals surface area contributed by atoms with Gasteiger partial charge in [-0.2, -0.15) is 23.4 Å². The topological polar surface area (TPSA) is 81.8 Å². The minimum Gasteiger partial charge on any atom is -0.276 e. The van der Waals surface area contributed by atoms with Crippen molar-refractivity contribution in [3.05, 3.63) is 58.7 Å². The number of aromatic nitrogens is 4. The molecule has 11 heteroatoms. The summed E-state index contributed by atoms with van der Waals surface area (Å²) in [6.45, 7) is 4.95. The number of sulfonamides is 1. The van der Waals surface area contributed by atoms with Crippen LogP contribution < -0.4 is 4.72 Å². The smallest absolute Gasteiger partial charge is 0.276 e. The fourth-order valence-corrected chi connectivity index (χ4v) is 4.44. The number of rotatable bonds is 5. The molecule has 0 radical (unpaired) electrons. The van der Waals surface area contributed by atoms with E-state index in [1.54, 1.807) is 33.9 Å². The van der Waals surface area contributed by atoms with Gasteiger partial charge in [-0.05, 0) is 38.5 Å². The predicted octanol–water partition coefficient (Wildman–Crippen LogP) is 3.41. The molecule has 0 fully saturated rings. The van der Waals surface area contributed by atoms with Crippen LogP contribution in [0.25, 0.3) is 0 Å². The van der Waals surface area contributed by atoms with Crippen molar-refractivity contribution in [3.8, 4) is 0 Å². The molecular formula is C18H20F3N5O2S. The largest absolute Gasteiger partial charge is 0.416 e. The van der Waals surface area contributed by atoms with E-state index in [0.29, 0.717) is 28.3 Å². The molecule has 29 heavy (non-hydrogen) atoms. The lowest BCUT2D eigenvalue weighted by Gasteiger charge is -2.10. The van der Waals surface area contributed by atoms with Crippen molar-refractivity contribution < 1.29 is 21.6 Å². The highest BCUT2D eigenvalue weighted by Gasteiger charge is 2.30. The van der Waals surface area contributed by atoms with Gasteiger partial charge in [-0.1, -0.05) is 12.1 Å². The first kappa shape index (κ1) is 20.9. The Morgan fingerprint density at radius 1 is 1.10 bits per heavy atom. The van der Waals surface area contributed by atoms with Crippen molar-refractivity contribution in [2.75, 3.05) is 4.72 Å². The SMILES string of the molecule is Cc1nn(C)cc1S(=O)(=O)Nc1c(C)nn(Cc2cccc(C(F)(F)F)c2)c1C. The van der Waals surface area contributed by atoms with Crippen molar-refractivity contribution in [3.63, 3.8) is 0 Å². The first-order chi connectivity index (χ1) is 13.4. The molecule has 0 atom stereocenters. The second-order valence-corrected chi connectivity index (χ2v) is 8.41. The number of nitrogens with one attached hydrogen (secondary N) is 1. The lowest BCUT2D eigenvalue weighted by molar-refractivity contribution is -0.137. The predicted molar refractivity (Wildman–Crippen MR) is 101 cm³/mol. The summed E-state index contributed by atoms with van der Waals surface area (Å²) in [6, 6.07) is 4.95. The van der Waals surface area contributed by atoms with E-state index in [0.717, 1.165) is 12.1 Å². The van der Waals surface area contributed by atoms with Crippen LogP contribution in [0, 0.1) is 20.8 Å². The summed E-state index contributed by atoms with van der Waals surface area (Å²) in [4.78, 5) is 0.0458. The molecule has 0 amide bonds. The molecule has 156 valence electrons. The van der Waals surface area contributed by atoms with Gasteiger partial charge in [0.1, 0.15) is 4.90 Å². The molecule has 1 N–H and O–H groups in total. The second kappa shape index (κ2) is 7.21. The van der Waals surface area contributed by atoms with Crippen molar-refractivity contribution in [2.45, 2.75) is 38.4 Å². The van der Waals surface area contributed by atoms with Crippen LogP contribution in [-0.2, 0) is 29.8 Å². The van der Waals surface area contributed by atoms with Gasteiger partial charge in [0.2, 0.25) is 0 Å². The summed E-state index contributed by atoms with van der Waals surface area (Å²) >= 11 is 0. The van der Waals surface area contributed by atoms with Crippen molar-refractivity contribution in [2.24, 2.45) is 7.05 Å². The quantitative estimate of drug-likeness (QED) is 0.677. The lowest BCUT2D eigenvalue weighted by Crippen LogP contribution is -2.15. The van der Waals surface area contributed by atoms with Gasteiger partial charge in [0, 0.05) is 13.2 Å². The average molecular weight is 427 g/mol. The van der Waals surface area contributed by atoms with E-state index >= 15 is 0 Å². The van der Waals surface area contributed by atoms with E-state index in [1.165, 1.54) is 21.6 Å². The van der Waals surface area contributed by atoms with Gasteiger partial charge in [0.05, 0.1) is 34.9 Å².